The maximum Gasteiger partial charge on any atom is 0.147 e. The van der Waals surface area contributed by atoms with Gasteiger partial charge in [0, 0.05) is 5.92 Å². The van der Waals surface area contributed by atoms with Gasteiger partial charge in [0.05, 0.1) is 18.1 Å². The van der Waals surface area contributed by atoms with Crippen LogP contribution in [-0.4, -0.2) is 17.4 Å². The third kappa shape index (κ3) is 1.93. The highest BCUT2D eigenvalue weighted by molar-refractivity contribution is 8.08. The Hall–Kier alpha value is -0.380. The molecule has 0 aromatic heterocycles. The van der Waals surface area contributed by atoms with Crippen molar-refractivity contribution in [1.29, 1.82) is 0 Å². The fourth-order valence-electron chi connectivity index (χ4n) is 1.28. The second kappa shape index (κ2) is 3.78. The smallest absolute Gasteiger partial charge is 0.147 e. The second-order valence-electron chi connectivity index (χ2n) is 3.03. The average molecular weight is 217 g/mol. The largest absolute Gasteiger partial charge is 0.380 e. The molecule has 1 aromatic rings. The molecule has 0 amide bonds. The Morgan fingerprint density at radius 1 is 1.31 bits per heavy atom. The first-order valence-corrected chi connectivity index (χ1v) is 6.00. The standard InChI is InChI=1S/C9H9ClO2S/c10-13(11)9-3-1-7(2-4-9)8-5-12-6-8/h1-4,8H,5-6H2. The van der Waals surface area contributed by atoms with Crippen LogP contribution in [0.3, 0.4) is 0 Å². The van der Waals surface area contributed by atoms with Crippen molar-refractivity contribution in [3.05, 3.63) is 29.8 Å². The molecule has 0 spiro atoms. The first-order valence-electron chi connectivity index (χ1n) is 4.03. The molecule has 1 atom stereocenters. The summed E-state index contributed by atoms with van der Waals surface area (Å²) in [4.78, 5) is 0.658. The number of hydrogen-bond acceptors (Lipinski definition) is 2. The first kappa shape index (κ1) is 9.19. The molecule has 1 aliphatic heterocycles. The van der Waals surface area contributed by atoms with Crippen molar-refractivity contribution in [3.8, 4) is 0 Å². The van der Waals surface area contributed by atoms with E-state index in [9.17, 15) is 4.21 Å². The molecule has 0 bridgehead atoms. The molecule has 70 valence electrons. The molecule has 13 heavy (non-hydrogen) atoms. The number of ether oxygens (including phenoxy) is 1. The van der Waals surface area contributed by atoms with Crippen molar-refractivity contribution in [3.63, 3.8) is 0 Å². The number of hydrogen-bond donors (Lipinski definition) is 0. The minimum atomic E-state index is -1.39. The maximum atomic E-state index is 10.9. The summed E-state index contributed by atoms with van der Waals surface area (Å²) in [6.45, 7) is 1.59. The number of halogens is 1. The van der Waals surface area contributed by atoms with E-state index >= 15 is 0 Å². The Morgan fingerprint density at radius 2 is 1.92 bits per heavy atom. The number of rotatable bonds is 2. The summed E-state index contributed by atoms with van der Waals surface area (Å²) in [6, 6.07) is 7.53. The Balaban J connectivity index is 2.17. The van der Waals surface area contributed by atoms with E-state index in [0.717, 1.165) is 13.2 Å². The van der Waals surface area contributed by atoms with E-state index in [1.165, 1.54) is 5.56 Å². The molecule has 2 rings (SSSR count). The van der Waals surface area contributed by atoms with Crippen molar-refractivity contribution in [1.82, 2.24) is 0 Å². The number of benzene rings is 1. The summed E-state index contributed by atoms with van der Waals surface area (Å²) < 4.78 is 15.9. The highest BCUT2D eigenvalue weighted by Gasteiger charge is 2.20. The van der Waals surface area contributed by atoms with Crippen LogP contribution in [0.4, 0.5) is 0 Å². The van der Waals surface area contributed by atoms with Gasteiger partial charge in [-0.1, -0.05) is 12.1 Å². The molecule has 0 aliphatic carbocycles. The third-order valence-electron chi connectivity index (χ3n) is 2.17. The van der Waals surface area contributed by atoms with Gasteiger partial charge in [-0.3, -0.25) is 0 Å². The molecule has 4 heteroatoms. The predicted octanol–water partition coefficient (Wildman–Crippen LogP) is 2.06. The van der Waals surface area contributed by atoms with Crippen LogP contribution >= 0.6 is 10.7 Å². The zero-order valence-corrected chi connectivity index (χ0v) is 8.48. The van der Waals surface area contributed by atoms with Gasteiger partial charge in [-0.2, -0.15) is 0 Å². The van der Waals surface area contributed by atoms with Crippen LogP contribution in [0, 0.1) is 0 Å². The quantitative estimate of drug-likeness (QED) is 0.708. The molecule has 1 saturated heterocycles. The molecular weight excluding hydrogens is 208 g/mol. The van der Waals surface area contributed by atoms with E-state index in [1.54, 1.807) is 12.1 Å². The summed E-state index contributed by atoms with van der Waals surface area (Å²) in [5, 5.41) is 0. The van der Waals surface area contributed by atoms with Gasteiger partial charge >= 0.3 is 0 Å². The summed E-state index contributed by atoms with van der Waals surface area (Å²) in [5.41, 5.74) is 1.23. The fourth-order valence-corrected chi connectivity index (χ4v) is 1.93. The molecule has 0 radical (unpaired) electrons. The van der Waals surface area contributed by atoms with Crippen LogP contribution in [0.5, 0.6) is 0 Å². The summed E-state index contributed by atoms with van der Waals surface area (Å²) in [7, 11) is 4.04. The van der Waals surface area contributed by atoms with Gasteiger partial charge in [-0.25, -0.2) is 4.21 Å². The third-order valence-corrected chi connectivity index (χ3v) is 3.35. The van der Waals surface area contributed by atoms with E-state index in [1.807, 2.05) is 12.1 Å². The van der Waals surface area contributed by atoms with Gasteiger partial charge < -0.3 is 4.74 Å². The van der Waals surface area contributed by atoms with Crippen molar-refractivity contribution in [2.24, 2.45) is 0 Å². The molecule has 0 saturated carbocycles. The van der Waals surface area contributed by atoms with Crippen LogP contribution in [0.15, 0.2) is 29.2 Å². The second-order valence-corrected chi connectivity index (χ2v) is 4.79. The lowest BCUT2D eigenvalue weighted by Crippen LogP contribution is -2.24. The van der Waals surface area contributed by atoms with Crippen LogP contribution in [-0.2, 0) is 14.7 Å². The summed E-state index contributed by atoms with van der Waals surface area (Å²) in [6.07, 6.45) is 0. The Labute approximate surface area is 83.8 Å². The Bertz CT molecular complexity index is 319. The SMILES string of the molecule is O=S(Cl)c1ccc(C2COC2)cc1. The minimum Gasteiger partial charge on any atom is -0.380 e. The van der Waals surface area contributed by atoms with Gasteiger partial charge in [0.15, 0.2) is 0 Å². The predicted molar refractivity (Wildman–Crippen MR) is 52.3 cm³/mol. The average Bonchev–Trinajstić information content (AvgIpc) is 2.02. The normalized spacial score (nSPS) is 19.5. The van der Waals surface area contributed by atoms with Crippen molar-refractivity contribution in [2.45, 2.75) is 10.8 Å². The first-order chi connectivity index (χ1) is 6.27. The van der Waals surface area contributed by atoms with Crippen LogP contribution in [0.1, 0.15) is 11.5 Å². The maximum absolute atomic E-state index is 10.9. The monoisotopic (exact) mass is 216 g/mol. The van der Waals surface area contributed by atoms with E-state index in [2.05, 4.69) is 0 Å². The molecule has 1 heterocycles. The zero-order valence-electron chi connectivity index (χ0n) is 6.90. The van der Waals surface area contributed by atoms with Gasteiger partial charge in [0.1, 0.15) is 10.0 Å². The van der Waals surface area contributed by atoms with Crippen LogP contribution in [0.2, 0.25) is 0 Å². The fraction of sp³-hybridized carbons (Fsp3) is 0.333. The zero-order chi connectivity index (χ0) is 9.26. The van der Waals surface area contributed by atoms with E-state index in [4.69, 9.17) is 15.4 Å². The summed E-state index contributed by atoms with van der Waals surface area (Å²) >= 11 is 0. The molecule has 1 aromatic carbocycles. The molecule has 1 fully saturated rings. The lowest BCUT2D eigenvalue weighted by atomic mass is 9.98. The van der Waals surface area contributed by atoms with Crippen molar-refractivity contribution >= 4 is 20.7 Å². The molecular formula is C9H9ClO2S. The highest BCUT2D eigenvalue weighted by Crippen LogP contribution is 2.24. The van der Waals surface area contributed by atoms with Crippen molar-refractivity contribution < 1.29 is 8.95 Å². The van der Waals surface area contributed by atoms with Gasteiger partial charge in [0.2, 0.25) is 0 Å². The van der Waals surface area contributed by atoms with Gasteiger partial charge in [0.25, 0.3) is 0 Å². The summed E-state index contributed by atoms with van der Waals surface area (Å²) in [5.74, 6) is 0.512. The molecule has 1 aliphatic rings. The molecule has 2 nitrogen and oxygen atoms in total. The Morgan fingerprint density at radius 3 is 2.31 bits per heavy atom. The molecule has 1 unspecified atom stereocenters. The van der Waals surface area contributed by atoms with Crippen molar-refractivity contribution in [2.75, 3.05) is 13.2 Å². The topological polar surface area (TPSA) is 26.3 Å². The lowest BCUT2D eigenvalue weighted by molar-refractivity contribution is 0.00840. The molecule has 0 N–H and O–H groups in total. The van der Waals surface area contributed by atoms with Crippen LogP contribution < -0.4 is 0 Å². The van der Waals surface area contributed by atoms with E-state index in [-0.39, 0.29) is 0 Å². The Kier molecular flexibility index (Phi) is 2.67. The van der Waals surface area contributed by atoms with Gasteiger partial charge in [-0.15, -0.1) is 0 Å². The lowest BCUT2D eigenvalue weighted by Gasteiger charge is -2.26. The highest BCUT2D eigenvalue weighted by atomic mass is 35.7. The van der Waals surface area contributed by atoms with E-state index < -0.39 is 10.0 Å². The van der Waals surface area contributed by atoms with Crippen LogP contribution in [0.25, 0.3) is 0 Å². The minimum absolute atomic E-state index is 0.512. The van der Waals surface area contributed by atoms with E-state index in [0.29, 0.717) is 10.8 Å². The van der Waals surface area contributed by atoms with Gasteiger partial charge in [-0.05, 0) is 28.4 Å².